The highest BCUT2D eigenvalue weighted by Crippen LogP contribution is 2.33. The monoisotopic (exact) mass is 394 g/mol. The van der Waals surface area contributed by atoms with Gasteiger partial charge in [-0.15, -0.1) is 0 Å². The zero-order valence-corrected chi connectivity index (χ0v) is 14.9. The molecule has 0 fully saturated rings. The van der Waals surface area contributed by atoms with Gasteiger partial charge in [0.15, 0.2) is 5.82 Å². The standard InChI is InChI=1S/C18H18F4N6/c1-24-8-14(10-2-3-13(19)12(6-10)18(20,21)22)28-17-16-15(26-9-27-17)11(7-23)4-5-25-16/h2-6,9,14,24H,7-8,23H2,1H3,(H,26,27,28)/t14-/m1/s1. The van der Waals surface area contributed by atoms with Crippen molar-refractivity contribution in [3.05, 3.63) is 59.3 Å². The summed E-state index contributed by atoms with van der Waals surface area (Å²) in [5, 5.41) is 5.99. The highest BCUT2D eigenvalue weighted by atomic mass is 19.4. The van der Waals surface area contributed by atoms with Gasteiger partial charge in [-0.1, -0.05) is 6.07 Å². The van der Waals surface area contributed by atoms with Crippen molar-refractivity contribution < 1.29 is 17.6 Å². The molecule has 148 valence electrons. The van der Waals surface area contributed by atoms with Crippen molar-refractivity contribution in [2.45, 2.75) is 18.8 Å². The second-order valence-corrected chi connectivity index (χ2v) is 6.09. The van der Waals surface area contributed by atoms with Gasteiger partial charge in [-0.3, -0.25) is 4.98 Å². The molecule has 3 rings (SSSR count). The number of aromatic nitrogens is 3. The van der Waals surface area contributed by atoms with Crippen LogP contribution in [0.4, 0.5) is 23.4 Å². The molecule has 0 aliphatic carbocycles. The molecule has 0 spiro atoms. The second kappa shape index (κ2) is 8.03. The smallest absolute Gasteiger partial charge is 0.360 e. The maximum atomic E-state index is 13.6. The maximum Gasteiger partial charge on any atom is 0.419 e. The SMILES string of the molecule is CNC[C@@H](Nc1ncnc2c(CN)ccnc12)c1ccc(F)c(C(F)(F)F)c1. The normalized spacial score (nSPS) is 12.9. The van der Waals surface area contributed by atoms with Crippen LogP contribution < -0.4 is 16.4 Å². The number of nitrogens with zero attached hydrogens (tertiary/aromatic N) is 3. The number of hydrogen-bond donors (Lipinski definition) is 3. The summed E-state index contributed by atoms with van der Waals surface area (Å²) >= 11 is 0. The molecule has 2 aromatic heterocycles. The Kier molecular flexibility index (Phi) is 5.71. The van der Waals surface area contributed by atoms with E-state index in [0.717, 1.165) is 17.7 Å². The lowest BCUT2D eigenvalue weighted by Crippen LogP contribution is -2.25. The third kappa shape index (κ3) is 4.02. The molecular weight excluding hydrogens is 376 g/mol. The van der Waals surface area contributed by atoms with Gasteiger partial charge in [-0.2, -0.15) is 13.2 Å². The van der Waals surface area contributed by atoms with Crippen molar-refractivity contribution in [2.75, 3.05) is 18.9 Å². The lowest BCUT2D eigenvalue weighted by Gasteiger charge is -2.21. The predicted molar refractivity (Wildman–Crippen MR) is 96.9 cm³/mol. The van der Waals surface area contributed by atoms with Crippen molar-refractivity contribution in [3.8, 4) is 0 Å². The molecule has 0 unspecified atom stereocenters. The number of rotatable bonds is 6. The van der Waals surface area contributed by atoms with Gasteiger partial charge in [0.25, 0.3) is 0 Å². The summed E-state index contributed by atoms with van der Waals surface area (Å²) in [6.45, 7) is 0.521. The Morgan fingerprint density at radius 1 is 1.11 bits per heavy atom. The number of hydrogen-bond acceptors (Lipinski definition) is 6. The number of fused-ring (bicyclic) bond motifs is 1. The first kappa shape index (κ1) is 19.9. The van der Waals surface area contributed by atoms with Crippen LogP contribution in [-0.4, -0.2) is 28.5 Å². The summed E-state index contributed by atoms with van der Waals surface area (Å²) in [4.78, 5) is 12.6. The first-order valence-corrected chi connectivity index (χ1v) is 8.41. The van der Waals surface area contributed by atoms with E-state index in [1.54, 1.807) is 19.3 Å². The first-order valence-electron chi connectivity index (χ1n) is 8.41. The second-order valence-electron chi connectivity index (χ2n) is 6.09. The molecule has 0 aliphatic heterocycles. The van der Waals surface area contributed by atoms with Gasteiger partial charge in [0.2, 0.25) is 0 Å². The minimum atomic E-state index is -4.79. The zero-order valence-electron chi connectivity index (χ0n) is 14.9. The Labute approximate surface area is 158 Å². The van der Waals surface area contributed by atoms with E-state index in [2.05, 4.69) is 25.6 Å². The number of nitrogens with two attached hydrogens (primary N) is 1. The number of benzene rings is 1. The quantitative estimate of drug-likeness (QED) is 0.557. The Bertz CT molecular complexity index is 976. The molecule has 0 saturated heterocycles. The number of nitrogens with one attached hydrogen (secondary N) is 2. The lowest BCUT2D eigenvalue weighted by molar-refractivity contribution is -0.140. The van der Waals surface area contributed by atoms with Crippen LogP contribution >= 0.6 is 0 Å². The Morgan fingerprint density at radius 2 is 1.89 bits per heavy atom. The van der Waals surface area contributed by atoms with E-state index in [9.17, 15) is 17.6 Å². The van der Waals surface area contributed by atoms with Crippen LogP contribution in [0.25, 0.3) is 11.0 Å². The average molecular weight is 394 g/mol. The van der Waals surface area contributed by atoms with E-state index >= 15 is 0 Å². The molecule has 6 nitrogen and oxygen atoms in total. The van der Waals surface area contributed by atoms with Crippen molar-refractivity contribution in [3.63, 3.8) is 0 Å². The lowest BCUT2D eigenvalue weighted by atomic mass is 10.0. The van der Waals surface area contributed by atoms with Gasteiger partial charge >= 0.3 is 6.18 Å². The Morgan fingerprint density at radius 3 is 2.57 bits per heavy atom. The van der Waals surface area contributed by atoms with E-state index in [0.29, 0.717) is 16.9 Å². The van der Waals surface area contributed by atoms with Gasteiger partial charge in [-0.05, 0) is 36.4 Å². The summed E-state index contributed by atoms with van der Waals surface area (Å²) in [5.74, 6) is -0.973. The van der Waals surface area contributed by atoms with Crippen LogP contribution in [0.2, 0.25) is 0 Å². The van der Waals surface area contributed by atoms with Gasteiger partial charge < -0.3 is 16.4 Å². The number of anilines is 1. The van der Waals surface area contributed by atoms with E-state index in [-0.39, 0.29) is 18.7 Å². The number of likely N-dealkylation sites (N-methyl/N-ethyl adjacent to an activating group) is 1. The zero-order chi connectivity index (χ0) is 20.3. The number of alkyl halides is 3. The first-order chi connectivity index (χ1) is 13.3. The molecule has 28 heavy (non-hydrogen) atoms. The van der Waals surface area contributed by atoms with Gasteiger partial charge in [0.05, 0.1) is 17.1 Å². The minimum absolute atomic E-state index is 0.252. The van der Waals surface area contributed by atoms with E-state index < -0.39 is 23.6 Å². The van der Waals surface area contributed by atoms with Crippen LogP contribution in [-0.2, 0) is 12.7 Å². The highest BCUT2D eigenvalue weighted by Gasteiger charge is 2.34. The van der Waals surface area contributed by atoms with Gasteiger partial charge in [-0.25, -0.2) is 14.4 Å². The van der Waals surface area contributed by atoms with Crippen LogP contribution in [0.1, 0.15) is 22.7 Å². The van der Waals surface area contributed by atoms with Crippen LogP contribution in [0.3, 0.4) is 0 Å². The fourth-order valence-corrected chi connectivity index (χ4v) is 2.89. The van der Waals surface area contributed by atoms with Crippen LogP contribution in [0, 0.1) is 5.82 Å². The van der Waals surface area contributed by atoms with Gasteiger partial charge in [0, 0.05) is 19.3 Å². The van der Waals surface area contributed by atoms with Crippen molar-refractivity contribution in [1.82, 2.24) is 20.3 Å². The van der Waals surface area contributed by atoms with Crippen molar-refractivity contribution in [1.29, 1.82) is 0 Å². The molecule has 4 N–H and O–H groups in total. The molecule has 0 saturated carbocycles. The summed E-state index contributed by atoms with van der Waals surface area (Å²) in [5.41, 5.74) is 6.43. The van der Waals surface area contributed by atoms with Crippen LogP contribution in [0.5, 0.6) is 0 Å². The van der Waals surface area contributed by atoms with E-state index in [4.69, 9.17) is 5.73 Å². The molecule has 0 amide bonds. The molecule has 10 heteroatoms. The third-order valence-corrected chi connectivity index (χ3v) is 4.24. The number of pyridine rings is 1. The molecule has 0 aliphatic rings. The molecule has 0 bridgehead atoms. The fourth-order valence-electron chi connectivity index (χ4n) is 2.89. The average Bonchev–Trinajstić information content (AvgIpc) is 2.67. The largest absolute Gasteiger partial charge is 0.419 e. The summed E-state index contributed by atoms with van der Waals surface area (Å²) in [6, 6.07) is 4.03. The van der Waals surface area contributed by atoms with Crippen LogP contribution in [0.15, 0.2) is 36.8 Å². The van der Waals surface area contributed by atoms with E-state index in [1.807, 2.05) is 0 Å². The molecule has 0 radical (unpaired) electrons. The summed E-state index contributed by atoms with van der Waals surface area (Å²) in [7, 11) is 1.66. The molecule has 3 aromatic rings. The molecule has 1 aromatic carbocycles. The fraction of sp³-hybridized carbons (Fsp3) is 0.278. The summed E-state index contributed by atoms with van der Waals surface area (Å²) in [6.07, 6.45) is -1.90. The Balaban J connectivity index is 2.03. The van der Waals surface area contributed by atoms with E-state index in [1.165, 1.54) is 12.4 Å². The molecule has 2 heterocycles. The maximum absolute atomic E-state index is 13.6. The topological polar surface area (TPSA) is 88.8 Å². The number of halogens is 4. The van der Waals surface area contributed by atoms with Crippen molar-refractivity contribution in [2.24, 2.45) is 5.73 Å². The predicted octanol–water partition coefficient (Wildman–Crippen LogP) is 3.01. The summed E-state index contributed by atoms with van der Waals surface area (Å²) < 4.78 is 52.9. The molecule has 1 atom stereocenters. The van der Waals surface area contributed by atoms with Gasteiger partial charge in [0.1, 0.15) is 17.7 Å². The minimum Gasteiger partial charge on any atom is -0.360 e. The Hall–Kier alpha value is -2.85. The third-order valence-electron chi connectivity index (χ3n) is 4.24. The highest BCUT2D eigenvalue weighted by molar-refractivity contribution is 5.87. The van der Waals surface area contributed by atoms with Crippen molar-refractivity contribution >= 4 is 16.9 Å². The molecular formula is C18H18F4N6.